The van der Waals surface area contributed by atoms with Gasteiger partial charge in [0.1, 0.15) is 26.8 Å². The minimum atomic E-state index is -3.85. The van der Waals surface area contributed by atoms with Crippen LogP contribution < -0.4 is 4.72 Å². The van der Waals surface area contributed by atoms with Crippen molar-refractivity contribution in [3.05, 3.63) is 52.4 Å². The number of halogens is 2. The Bertz CT molecular complexity index is 779. The van der Waals surface area contributed by atoms with Gasteiger partial charge in [0.25, 0.3) is 0 Å². The molecule has 4 nitrogen and oxygen atoms in total. The lowest BCUT2D eigenvalue weighted by atomic mass is 10.2. The van der Waals surface area contributed by atoms with Gasteiger partial charge in [-0.1, -0.05) is 0 Å². The maximum Gasteiger partial charge on any atom is 0.250 e. The molecule has 0 fully saturated rings. The van der Waals surface area contributed by atoms with E-state index in [4.69, 9.17) is 5.26 Å². The van der Waals surface area contributed by atoms with E-state index in [1.54, 1.807) is 0 Å². The second-order valence-electron chi connectivity index (χ2n) is 3.79. The molecule has 0 aliphatic heterocycles. The third-order valence-corrected chi connectivity index (χ3v) is 5.30. The van der Waals surface area contributed by atoms with Crippen molar-refractivity contribution >= 4 is 21.4 Å². The van der Waals surface area contributed by atoms with Crippen molar-refractivity contribution < 1.29 is 17.2 Å². The minimum absolute atomic E-state index is 0.0501. The molecule has 0 aliphatic carbocycles. The van der Waals surface area contributed by atoms with Crippen LogP contribution in [0.3, 0.4) is 0 Å². The molecule has 0 radical (unpaired) electrons. The topological polar surface area (TPSA) is 70.0 Å². The Morgan fingerprint density at radius 3 is 2.65 bits per heavy atom. The molecule has 0 atom stereocenters. The molecule has 1 N–H and O–H groups in total. The molecule has 104 valence electrons. The fraction of sp³-hybridized carbons (Fsp3) is 0.0833. The molecule has 8 heteroatoms. The number of nitrogens with zero attached hydrogens (tertiary/aromatic N) is 1. The Morgan fingerprint density at radius 2 is 2.00 bits per heavy atom. The lowest BCUT2D eigenvalue weighted by molar-refractivity contribution is 0.568. The van der Waals surface area contributed by atoms with Crippen LogP contribution in [-0.4, -0.2) is 8.42 Å². The third kappa shape index (κ3) is 3.19. The van der Waals surface area contributed by atoms with Gasteiger partial charge in [0.15, 0.2) is 0 Å². The first-order chi connectivity index (χ1) is 9.42. The van der Waals surface area contributed by atoms with Crippen molar-refractivity contribution in [2.75, 3.05) is 0 Å². The van der Waals surface area contributed by atoms with Crippen LogP contribution in [0.15, 0.2) is 34.5 Å². The van der Waals surface area contributed by atoms with Gasteiger partial charge in [-0.05, 0) is 30.3 Å². The second-order valence-corrected chi connectivity index (χ2v) is 6.87. The van der Waals surface area contributed by atoms with Crippen LogP contribution >= 0.6 is 11.3 Å². The lowest BCUT2D eigenvalue weighted by Crippen LogP contribution is -2.23. The Balaban J connectivity index is 2.17. The van der Waals surface area contributed by atoms with E-state index < -0.39 is 21.7 Å². The van der Waals surface area contributed by atoms with E-state index in [0.717, 1.165) is 29.5 Å². The van der Waals surface area contributed by atoms with Crippen molar-refractivity contribution in [2.24, 2.45) is 0 Å². The van der Waals surface area contributed by atoms with Crippen molar-refractivity contribution in [1.82, 2.24) is 4.72 Å². The van der Waals surface area contributed by atoms with Gasteiger partial charge in [-0.25, -0.2) is 21.9 Å². The van der Waals surface area contributed by atoms with Gasteiger partial charge in [-0.2, -0.15) is 5.26 Å². The van der Waals surface area contributed by atoms with Crippen LogP contribution in [0.2, 0.25) is 0 Å². The molecular formula is C12H8F2N2O2S2. The average molecular weight is 314 g/mol. The first-order valence-electron chi connectivity index (χ1n) is 5.36. The monoisotopic (exact) mass is 314 g/mol. The molecule has 0 bridgehead atoms. The molecule has 2 rings (SSSR count). The molecule has 20 heavy (non-hydrogen) atoms. The molecule has 0 unspecified atom stereocenters. The number of thiophene rings is 1. The Kier molecular flexibility index (Phi) is 4.13. The summed E-state index contributed by atoms with van der Waals surface area (Å²) in [5, 5.41) is 8.65. The van der Waals surface area contributed by atoms with Crippen LogP contribution in [0.4, 0.5) is 8.78 Å². The van der Waals surface area contributed by atoms with Crippen molar-refractivity contribution in [3.63, 3.8) is 0 Å². The molecule has 1 aromatic heterocycles. The summed E-state index contributed by atoms with van der Waals surface area (Å²) in [5.41, 5.74) is -0.0920. The number of hydrogen-bond acceptors (Lipinski definition) is 4. The normalized spacial score (nSPS) is 11.2. The van der Waals surface area contributed by atoms with Crippen LogP contribution in [-0.2, 0) is 16.6 Å². The maximum atomic E-state index is 13.4. The summed E-state index contributed by atoms with van der Waals surface area (Å²) in [6, 6.07) is 7.29. The van der Waals surface area contributed by atoms with Gasteiger partial charge in [0.2, 0.25) is 10.0 Å². The molecule has 1 aromatic carbocycles. The molecule has 0 saturated heterocycles. The predicted molar refractivity (Wildman–Crippen MR) is 69.4 cm³/mol. The zero-order valence-corrected chi connectivity index (χ0v) is 11.6. The fourth-order valence-corrected chi connectivity index (χ4v) is 3.60. The Hall–Kier alpha value is -1.82. The third-order valence-electron chi connectivity index (χ3n) is 2.42. The number of nitriles is 1. The average Bonchev–Trinajstić information content (AvgIpc) is 2.89. The molecular weight excluding hydrogens is 306 g/mol. The Labute approximate surface area is 118 Å². The standard InChI is InChI=1S/C12H8F2N2O2S2/c13-9-1-3-11(14)8(5-9)7-16-20(17,18)12-4-2-10(6-15)19-12/h1-5,16H,7H2. The highest BCUT2D eigenvalue weighted by molar-refractivity contribution is 7.91. The fourth-order valence-electron chi connectivity index (χ4n) is 1.45. The van der Waals surface area contributed by atoms with E-state index in [1.165, 1.54) is 12.1 Å². The molecule has 0 amide bonds. The molecule has 0 aliphatic rings. The van der Waals surface area contributed by atoms with Gasteiger partial charge in [0, 0.05) is 12.1 Å². The van der Waals surface area contributed by atoms with Crippen LogP contribution in [0.1, 0.15) is 10.4 Å². The minimum Gasteiger partial charge on any atom is -0.207 e. The van der Waals surface area contributed by atoms with E-state index in [1.807, 2.05) is 6.07 Å². The molecule has 2 aromatic rings. The van der Waals surface area contributed by atoms with Crippen LogP contribution in [0.25, 0.3) is 0 Å². The highest BCUT2D eigenvalue weighted by Gasteiger charge is 2.17. The van der Waals surface area contributed by atoms with E-state index >= 15 is 0 Å². The molecule has 1 heterocycles. The first kappa shape index (κ1) is 14.6. The number of nitrogens with one attached hydrogen (secondary N) is 1. The highest BCUT2D eigenvalue weighted by atomic mass is 32.2. The van der Waals surface area contributed by atoms with Crippen molar-refractivity contribution in [3.8, 4) is 6.07 Å². The van der Waals surface area contributed by atoms with Crippen molar-refractivity contribution in [2.45, 2.75) is 10.8 Å². The van der Waals surface area contributed by atoms with Gasteiger partial charge in [0.05, 0.1) is 0 Å². The summed E-state index contributed by atoms with van der Waals surface area (Å²) in [6.45, 7) is -0.369. The zero-order chi connectivity index (χ0) is 14.8. The summed E-state index contributed by atoms with van der Waals surface area (Å²) in [5.74, 6) is -1.35. The quantitative estimate of drug-likeness (QED) is 0.942. The smallest absolute Gasteiger partial charge is 0.207 e. The highest BCUT2D eigenvalue weighted by Crippen LogP contribution is 2.21. The summed E-state index contributed by atoms with van der Waals surface area (Å²) in [7, 11) is -3.85. The van der Waals surface area contributed by atoms with Crippen molar-refractivity contribution in [1.29, 1.82) is 5.26 Å². The summed E-state index contributed by atoms with van der Waals surface area (Å²) < 4.78 is 52.2. The predicted octanol–water partition coefficient (Wildman–Crippen LogP) is 2.38. The second kappa shape index (κ2) is 5.66. The van der Waals surface area contributed by atoms with E-state index in [0.29, 0.717) is 0 Å². The SMILES string of the molecule is N#Cc1ccc(S(=O)(=O)NCc2cc(F)ccc2F)s1. The zero-order valence-electron chi connectivity index (χ0n) is 9.93. The number of rotatable bonds is 4. The first-order valence-corrected chi connectivity index (χ1v) is 7.66. The van der Waals surface area contributed by atoms with Gasteiger partial charge >= 0.3 is 0 Å². The summed E-state index contributed by atoms with van der Waals surface area (Å²) >= 11 is 0.803. The number of benzene rings is 1. The van der Waals surface area contributed by atoms with Crippen LogP contribution in [0, 0.1) is 23.0 Å². The summed E-state index contributed by atoms with van der Waals surface area (Å²) in [6.07, 6.45) is 0. The summed E-state index contributed by atoms with van der Waals surface area (Å²) in [4.78, 5) is 0.252. The molecule has 0 saturated carbocycles. The maximum absolute atomic E-state index is 13.4. The van der Waals surface area contributed by atoms with E-state index in [2.05, 4.69) is 4.72 Å². The van der Waals surface area contributed by atoms with Gasteiger partial charge in [-0.3, -0.25) is 0 Å². The number of sulfonamides is 1. The largest absolute Gasteiger partial charge is 0.250 e. The molecule has 0 spiro atoms. The van der Waals surface area contributed by atoms with Gasteiger partial charge < -0.3 is 0 Å². The lowest BCUT2D eigenvalue weighted by Gasteiger charge is -2.06. The Morgan fingerprint density at radius 1 is 1.25 bits per heavy atom. The van der Waals surface area contributed by atoms with Gasteiger partial charge in [-0.15, -0.1) is 11.3 Å². The van der Waals surface area contributed by atoms with Crippen LogP contribution in [0.5, 0.6) is 0 Å². The van der Waals surface area contributed by atoms with E-state index in [-0.39, 0.29) is 21.2 Å². The number of hydrogen-bond donors (Lipinski definition) is 1. The van der Waals surface area contributed by atoms with E-state index in [9.17, 15) is 17.2 Å².